The van der Waals surface area contributed by atoms with Gasteiger partial charge in [0.1, 0.15) is 0 Å². The number of rotatable bonds is 2. The minimum absolute atomic E-state index is 0. The third kappa shape index (κ3) is 3.88. The summed E-state index contributed by atoms with van der Waals surface area (Å²) in [6.07, 6.45) is -3.63. The number of morpholine rings is 1. The van der Waals surface area contributed by atoms with Gasteiger partial charge < -0.3 is 24.4 Å². The number of carbonyl (C=O) groups excluding carboxylic acids is 1. The first-order valence-corrected chi connectivity index (χ1v) is 10.5. The molecule has 9 heteroatoms. The molecule has 2 saturated heterocycles. The molecule has 1 N–H and O–H groups in total. The normalized spacial score (nSPS) is 22.7. The molecule has 0 spiro atoms. The van der Waals surface area contributed by atoms with Gasteiger partial charge in [0, 0.05) is 30.8 Å². The number of nitrogens with zero attached hydrogens (tertiary/aromatic N) is 1. The largest absolute Gasteiger partial charge is 0.586 e. The van der Waals surface area contributed by atoms with Gasteiger partial charge in [0.15, 0.2) is 11.5 Å². The van der Waals surface area contributed by atoms with Gasteiger partial charge in [-0.15, -0.1) is 21.2 Å². The highest BCUT2D eigenvalue weighted by Crippen LogP contribution is 2.47. The third-order valence-electron chi connectivity index (χ3n) is 6.22. The Balaban J connectivity index is 0.00000228. The molecule has 172 valence electrons. The van der Waals surface area contributed by atoms with Crippen molar-refractivity contribution < 1.29 is 27.8 Å². The summed E-state index contributed by atoms with van der Waals surface area (Å²) >= 11 is 0. The van der Waals surface area contributed by atoms with E-state index in [1.807, 2.05) is 35.2 Å². The number of likely N-dealkylation sites (tertiary alicyclic amines) is 1. The van der Waals surface area contributed by atoms with Crippen molar-refractivity contribution in [1.82, 2.24) is 10.2 Å². The van der Waals surface area contributed by atoms with Gasteiger partial charge >= 0.3 is 6.29 Å². The quantitative estimate of drug-likeness (QED) is 0.607. The maximum atomic E-state index is 13.5. The molecule has 3 aromatic rings. The number of hydrogen-bond donors (Lipinski definition) is 1. The van der Waals surface area contributed by atoms with Crippen molar-refractivity contribution in [3.63, 3.8) is 0 Å². The smallest absolute Gasteiger partial charge is 0.395 e. The van der Waals surface area contributed by atoms with E-state index in [0.29, 0.717) is 30.8 Å². The van der Waals surface area contributed by atoms with Crippen molar-refractivity contribution in [2.24, 2.45) is 0 Å². The molecule has 3 aromatic carbocycles. The van der Waals surface area contributed by atoms with Gasteiger partial charge in [-0.25, -0.2) is 0 Å². The topological polar surface area (TPSA) is 60.0 Å². The highest BCUT2D eigenvalue weighted by atomic mass is 35.5. The van der Waals surface area contributed by atoms with Gasteiger partial charge in [-0.05, 0) is 40.6 Å². The monoisotopic (exact) mass is 474 g/mol. The summed E-state index contributed by atoms with van der Waals surface area (Å²) in [5, 5.41) is 5.19. The Morgan fingerprint density at radius 1 is 1.03 bits per heavy atom. The fourth-order valence-electron chi connectivity index (χ4n) is 4.68. The van der Waals surface area contributed by atoms with Crippen LogP contribution in [0.25, 0.3) is 21.9 Å². The van der Waals surface area contributed by atoms with E-state index in [2.05, 4.69) is 10.1 Å². The van der Waals surface area contributed by atoms with E-state index in [0.717, 1.165) is 22.9 Å². The molecule has 1 amide bonds. The first-order chi connectivity index (χ1) is 15.5. The van der Waals surface area contributed by atoms with Crippen molar-refractivity contribution in [2.45, 2.75) is 18.4 Å². The summed E-state index contributed by atoms with van der Waals surface area (Å²) in [4.78, 5) is 14.9. The minimum atomic E-state index is -3.67. The van der Waals surface area contributed by atoms with Gasteiger partial charge in [-0.3, -0.25) is 4.79 Å². The molecule has 6 rings (SSSR count). The van der Waals surface area contributed by atoms with E-state index in [-0.39, 0.29) is 42.0 Å². The Hall–Kier alpha value is -2.94. The van der Waals surface area contributed by atoms with Gasteiger partial charge in [0.25, 0.3) is 5.91 Å². The number of alkyl halides is 2. The number of hydrogen-bond acceptors (Lipinski definition) is 5. The summed E-state index contributed by atoms with van der Waals surface area (Å²) in [6.45, 7) is 2.69. The first kappa shape index (κ1) is 21.9. The fourth-order valence-corrected chi connectivity index (χ4v) is 4.68. The van der Waals surface area contributed by atoms with Gasteiger partial charge in [0.2, 0.25) is 0 Å². The van der Waals surface area contributed by atoms with Crippen LogP contribution in [0.15, 0.2) is 54.6 Å². The van der Waals surface area contributed by atoms with E-state index in [1.165, 1.54) is 6.07 Å². The standard InChI is InChI=1S/C24H20F2N2O4.ClH/c25-24(26)31-20-3-1-2-18(22(20)32-24)16-6-4-15-11-17(7-5-14(15)10-16)23(29)28-12-19-21(13-28)30-9-8-27-19;/h1-7,10-11,19,21,27H,8-9,12-13H2;1H/t19-,21-;/m0./s1. The van der Waals surface area contributed by atoms with Crippen molar-refractivity contribution in [3.05, 3.63) is 60.2 Å². The van der Waals surface area contributed by atoms with Crippen LogP contribution >= 0.6 is 12.4 Å². The van der Waals surface area contributed by atoms with E-state index in [9.17, 15) is 13.6 Å². The predicted octanol–water partition coefficient (Wildman–Crippen LogP) is 4.06. The summed E-state index contributed by atoms with van der Waals surface area (Å²) in [7, 11) is 0. The molecule has 6 nitrogen and oxygen atoms in total. The highest BCUT2D eigenvalue weighted by Gasteiger charge is 2.44. The van der Waals surface area contributed by atoms with Crippen LogP contribution in [0.5, 0.6) is 11.5 Å². The second-order valence-electron chi connectivity index (χ2n) is 8.26. The van der Waals surface area contributed by atoms with Crippen molar-refractivity contribution in [3.8, 4) is 22.6 Å². The van der Waals surface area contributed by atoms with Gasteiger partial charge in [-0.2, -0.15) is 0 Å². The summed E-state index contributed by atoms with van der Waals surface area (Å²) in [6, 6.07) is 16.1. The fraction of sp³-hybridized carbons (Fsp3) is 0.292. The molecule has 0 bridgehead atoms. The number of amides is 1. The van der Waals surface area contributed by atoms with Crippen LogP contribution < -0.4 is 14.8 Å². The Bertz CT molecular complexity index is 1220. The Morgan fingerprint density at radius 3 is 2.70 bits per heavy atom. The summed E-state index contributed by atoms with van der Waals surface area (Å²) in [5.74, 6) is 0.0117. The van der Waals surface area contributed by atoms with Crippen LogP contribution in [0.1, 0.15) is 10.4 Å². The summed E-state index contributed by atoms with van der Waals surface area (Å²) in [5.41, 5.74) is 1.86. The molecule has 3 aliphatic heterocycles. The molecule has 0 aliphatic carbocycles. The van der Waals surface area contributed by atoms with E-state index >= 15 is 0 Å². The lowest BCUT2D eigenvalue weighted by atomic mass is 9.99. The van der Waals surface area contributed by atoms with Crippen molar-refractivity contribution >= 4 is 29.1 Å². The highest BCUT2D eigenvalue weighted by molar-refractivity contribution is 5.99. The van der Waals surface area contributed by atoms with Crippen LogP contribution in [-0.2, 0) is 4.74 Å². The van der Waals surface area contributed by atoms with Gasteiger partial charge in [0.05, 0.1) is 18.8 Å². The van der Waals surface area contributed by atoms with Crippen molar-refractivity contribution in [1.29, 1.82) is 0 Å². The number of carbonyl (C=O) groups is 1. The molecule has 0 radical (unpaired) electrons. The SMILES string of the molecule is Cl.O=C(c1ccc2cc(-c3cccc4c3OC(F)(F)O4)ccc2c1)N1C[C@@H]2NCCO[C@H]2C1. The molecular weight excluding hydrogens is 454 g/mol. The zero-order valence-electron chi connectivity index (χ0n) is 17.4. The maximum absolute atomic E-state index is 13.5. The zero-order chi connectivity index (χ0) is 21.9. The number of ether oxygens (including phenoxy) is 3. The van der Waals surface area contributed by atoms with E-state index in [4.69, 9.17) is 9.47 Å². The molecule has 0 aromatic heterocycles. The third-order valence-corrected chi connectivity index (χ3v) is 6.22. The predicted molar refractivity (Wildman–Crippen MR) is 120 cm³/mol. The van der Waals surface area contributed by atoms with Crippen LogP contribution in [0.3, 0.4) is 0 Å². The number of halogens is 3. The number of nitrogens with one attached hydrogen (secondary N) is 1. The molecule has 3 heterocycles. The molecule has 33 heavy (non-hydrogen) atoms. The molecule has 0 unspecified atom stereocenters. The van der Waals surface area contributed by atoms with Crippen LogP contribution in [0.2, 0.25) is 0 Å². The lowest BCUT2D eigenvalue weighted by Gasteiger charge is -2.25. The van der Waals surface area contributed by atoms with Gasteiger partial charge in [-0.1, -0.05) is 30.3 Å². The minimum Gasteiger partial charge on any atom is -0.395 e. The lowest BCUT2D eigenvalue weighted by Crippen LogP contribution is -2.47. The lowest BCUT2D eigenvalue weighted by molar-refractivity contribution is -0.286. The maximum Gasteiger partial charge on any atom is 0.586 e. The second kappa shape index (κ2) is 8.13. The number of benzene rings is 3. The van der Waals surface area contributed by atoms with Crippen molar-refractivity contribution in [2.75, 3.05) is 26.2 Å². The summed E-state index contributed by atoms with van der Waals surface area (Å²) < 4.78 is 42.1. The number of fused-ring (bicyclic) bond motifs is 3. The average molecular weight is 475 g/mol. The number of para-hydroxylation sites is 1. The Labute approximate surface area is 194 Å². The van der Waals surface area contributed by atoms with Crippen LogP contribution in [0.4, 0.5) is 8.78 Å². The van der Waals surface area contributed by atoms with Crippen LogP contribution in [-0.4, -0.2) is 55.5 Å². The Kier molecular flexibility index (Phi) is 5.39. The molecule has 0 saturated carbocycles. The molecular formula is C24H21ClF2N2O4. The Morgan fingerprint density at radius 2 is 1.85 bits per heavy atom. The zero-order valence-corrected chi connectivity index (χ0v) is 18.2. The van der Waals surface area contributed by atoms with Crippen LogP contribution in [0, 0.1) is 0 Å². The first-order valence-electron chi connectivity index (χ1n) is 10.5. The van der Waals surface area contributed by atoms with E-state index in [1.54, 1.807) is 18.2 Å². The second-order valence-corrected chi connectivity index (χ2v) is 8.26. The molecule has 2 atom stereocenters. The van der Waals surface area contributed by atoms with E-state index < -0.39 is 6.29 Å². The molecule has 3 aliphatic rings. The average Bonchev–Trinajstić information content (AvgIpc) is 3.37. The molecule has 2 fully saturated rings.